The molecule has 0 fully saturated rings. The fourth-order valence-electron chi connectivity index (χ4n) is 6.94. The Balaban J connectivity index is 1.13. The number of benzene rings is 8. The number of fused-ring (bicyclic) bond motifs is 3. The van der Waals surface area contributed by atoms with Crippen LogP contribution in [0.15, 0.2) is 205 Å². The summed E-state index contributed by atoms with van der Waals surface area (Å²) in [4.78, 5) is 2.33. The van der Waals surface area contributed by atoms with Crippen molar-refractivity contribution in [2.75, 3.05) is 4.90 Å². The van der Waals surface area contributed by atoms with Crippen LogP contribution in [0.4, 0.5) is 17.1 Å². The maximum atomic E-state index is 6.44. The summed E-state index contributed by atoms with van der Waals surface area (Å²) in [6.45, 7) is 0. The molecule has 8 aromatic carbocycles. The zero-order valence-corrected chi connectivity index (χ0v) is 27.4. The van der Waals surface area contributed by atoms with E-state index in [9.17, 15) is 0 Å². The van der Waals surface area contributed by atoms with Crippen molar-refractivity contribution in [1.82, 2.24) is 0 Å². The number of hydrogen-bond acceptors (Lipinski definition) is 2. The molecular weight excluding hydrogens is 607 g/mol. The van der Waals surface area contributed by atoms with Crippen molar-refractivity contribution < 1.29 is 4.42 Å². The molecule has 0 aliphatic rings. The minimum absolute atomic E-state index is 0.902. The van der Waals surface area contributed by atoms with Crippen LogP contribution < -0.4 is 4.90 Å². The van der Waals surface area contributed by atoms with Gasteiger partial charge in [-0.1, -0.05) is 146 Å². The minimum Gasteiger partial charge on any atom is -0.455 e. The van der Waals surface area contributed by atoms with Gasteiger partial charge in [-0.15, -0.1) is 0 Å². The van der Waals surface area contributed by atoms with E-state index in [1.807, 2.05) is 12.1 Å². The van der Waals surface area contributed by atoms with Crippen molar-refractivity contribution in [2.45, 2.75) is 0 Å². The number of nitrogens with zero attached hydrogens (tertiary/aromatic N) is 1. The van der Waals surface area contributed by atoms with Crippen molar-refractivity contribution in [3.8, 4) is 44.5 Å². The lowest BCUT2D eigenvalue weighted by molar-refractivity contribution is 0.670. The van der Waals surface area contributed by atoms with Gasteiger partial charge in [-0.05, 0) is 93.5 Å². The Hall–Kier alpha value is -6.64. The molecule has 0 spiro atoms. The molecule has 0 atom stereocenters. The van der Waals surface area contributed by atoms with Gasteiger partial charge in [-0.2, -0.15) is 0 Å². The Labute approximate surface area is 292 Å². The van der Waals surface area contributed by atoms with Crippen LogP contribution in [-0.4, -0.2) is 0 Å². The number of para-hydroxylation sites is 1. The summed E-state index contributed by atoms with van der Waals surface area (Å²) in [6, 6.07) is 71.0. The van der Waals surface area contributed by atoms with Gasteiger partial charge < -0.3 is 9.32 Å². The zero-order chi connectivity index (χ0) is 33.3. The molecular formula is C48H33NO. The summed E-state index contributed by atoms with van der Waals surface area (Å²) in [7, 11) is 0. The first kappa shape index (κ1) is 29.5. The second-order valence-electron chi connectivity index (χ2n) is 12.6. The average molecular weight is 640 g/mol. The minimum atomic E-state index is 0.902. The summed E-state index contributed by atoms with van der Waals surface area (Å²) in [5.41, 5.74) is 14.5. The second-order valence-corrected chi connectivity index (χ2v) is 12.6. The highest BCUT2D eigenvalue weighted by molar-refractivity contribution is 6.11. The fraction of sp³-hybridized carbons (Fsp3) is 0. The lowest BCUT2D eigenvalue weighted by Crippen LogP contribution is -2.09. The van der Waals surface area contributed by atoms with Crippen LogP contribution in [0.1, 0.15) is 0 Å². The first-order valence-corrected chi connectivity index (χ1v) is 17.0. The topological polar surface area (TPSA) is 16.4 Å². The normalized spacial score (nSPS) is 11.2. The summed E-state index contributed by atoms with van der Waals surface area (Å²) in [5.74, 6) is 0. The standard InChI is InChI=1S/C48H33NO/c1-4-12-34(13-5-1)36-20-26-41(27-21-36)49(42-28-22-37(23-29-42)35-14-6-2-7-15-35)43-30-24-38(25-31-43)40-32-45(39-16-8-3-9-17-39)48-46(33-40)44-18-10-11-19-47(44)50-48/h1-33H. The summed E-state index contributed by atoms with van der Waals surface area (Å²) in [5, 5.41) is 2.25. The predicted octanol–water partition coefficient (Wildman–Crippen LogP) is 13.7. The molecule has 0 bridgehead atoms. The molecule has 2 heteroatoms. The van der Waals surface area contributed by atoms with E-state index in [0.717, 1.165) is 61.3 Å². The van der Waals surface area contributed by atoms with Crippen LogP contribution in [-0.2, 0) is 0 Å². The van der Waals surface area contributed by atoms with Crippen molar-refractivity contribution in [3.05, 3.63) is 200 Å². The predicted molar refractivity (Wildman–Crippen MR) is 210 cm³/mol. The van der Waals surface area contributed by atoms with Crippen molar-refractivity contribution in [2.24, 2.45) is 0 Å². The molecule has 0 aliphatic heterocycles. The van der Waals surface area contributed by atoms with Crippen LogP contribution in [0, 0.1) is 0 Å². The Kier molecular flexibility index (Phi) is 7.53. The quantitative estimate of drug-likeness (QED) is 0.173. The maximum absolute atomic E-state index is 6.44. The Morgan fingerprint density at radius 2 is 0.700 bits per heavy atom. The Morgan fingerprint density at radius 1 is 0.300 bits per heavy atom. The number of furan rings is 1. The molecule has 0 unspecified atom stereocenters. The van der Waals surface area contributed by atoms with Gasteiger partial charge in [0.1, 0.15) is 11.2 Å². The first-order chi connectivity index (χ1) is 24.8. The second kappa shape index (κ2) is 12.8. The van der Waals surface area contributed by atoms with Crippen molar-refractivity contribution in [1.29, 1.82) is 0 Å². The molecule has 0 aliphatic carbocycles. The summed E-state index contributed by atoms with van der Waals surface area (Å²) in [6.07, 6.45) is 0. The SMILES string of the molecule is c1ccc(-c2ccc(N(c3ccc(-c4ccccc4)cc3)c3ccc(-c4cc(-c5ccccc5)c5oc6ccccc6c5c4)cc3)cc2)cc1. The molecule has 0 amide bonds. The van der Waals surface area contributed by atoms with E-state index in [1.165, 1.54) is 22.3 Å². The van der Waals surface area contributed by atoms with Crippen LogP contribution >= 0.6 is 0 Å². The van der Waals surface area contributed by atoms with Gasteiger partial charge in [-0.3, -0.25) is 0 Å². The molecule has 1 heterocycles. The molecule has 9 rings (SSSR count). The molecule has 0 radical (unpaired) electrons. The van der Waals surface area contributed by atoms with E-state index in [-0.39, 0.29) is 0 Å². The van der Waals surface area contributed by atoms with E-state index in [2.05, 4.69) is 193 Å². The van der Waals surface area contributed by atoms with Crippen LogP contribution in [0.3, 0.4) is 0 Å². The van der Waals surface area contributed by atoms with Crippen molar-refractivity contribution in [3.63, 3.8) is 0 Å². The maximum Gasteiger partial charge on any atom is 0.143 e. The van der Waals surface area contributed by atoms with Gasteiger partial charge in [0.05, 0.1) is 0 Å². The zero-order valence-electron chi connectivity index (χ0n) is 27.4. The van der Waals surface area contributed by atoms with Gasteiger partial charge in [0.15, 0.2) is 0 Å². The Morgan fingerprint density at radius 3 is 1.20 bits per heavy atom. The summed E-state index contributed by atoms with van der Waals surface area (Å²) < 4.78 is 6.44. The van der Waals surface area contributed by atoms with E-state index < -0.39 is 0 Å². The van der Waals surface area contributed by atoms with Crippen LogP contribution in [0.2, 0.25) is 0 Å². The van der Waals surface area contributed by atoms with Gasteiger partial charge in [0, 0.05) is 33.4 Å². The lowest BCUT2D eigenvalue weighted by atomic mass is 9.95. The largest absolute Gasteiger partial charge is 0.455 e. The summed E-state index contributed by atoms with van der Waals surface area (Å²) >= 11 is 0. The van der Waals surface area contributed by atoms with E-state index in [0.29, 0.717) is 0 Å². The highest BCUT2D eigenvalue weighted by atomic mass is 16.3. The molecule has 236 valence electrons. The van der Waals surface area contributed by atoms with E-state index in [1.54, 1.807) is 0 Å². The number of anilines is 3. The lowest BCUT2D eigenvalue weighted by Gasteiger charge is -2.26. The van der Waals surface area contributed by atoms with Gasteiger partial charge in [0.2, 0.25) is 0 Å². The van der Waals surface area contributed by atoms with Gasteiger partial charge >= 0.3 is 0 Å². The molecule has 50 heavy (non-hydrogen) atoms. The molecule has 0 saturated heterocycles. The third-order valence-corrected chi connectivity index (χ3v) is 9.49. The highest BCUT2D eigenvalue weighted by Gasteiger charge is 2.17. The number of hydrogen-bond donors (Lipinski definition) is 0. The van der Waals surface area contributed by atoms with Crippen molar-refractivity contribution >= 4 is 39.0 Å². The van der Waals surface area contributed by atoms with E-state index >= 15 is 0 Å². The van der Waals surface area contributed by atoms with Crippen LogP contribution in [0.5, 0.6) is 0 Å². The highest BCUT2D eigenvalue weighted by Crippen LogP contribution is 2.41. The van der Waals surface area contributed by atoms with Crippen LogP contribution in [0.25, 0.3) is 66.4 Å². The molecule has 2 nitrogen and oxygen atoms in total. The third kappa shape index (κ3) is 5.53. The molecule has 0 saturated carbocycles. The fourth-order valence-corrected chi connectivity index (χ4v) is 6.94. The average Bonchev–Trinajstić information content (AvgIpc) is 3.58. The van der Waals surface area contributed by atoms with Gasteiger partial charge in [-0.25, -0.2) is 0 Å². The molecule has 1 aromatic heterocycles. The first-order valence-electron chi connectivity index (χ1n) is 17.0. The third-order valence-electron chi connectivity index (χ3n) is 9.49. The monoisotopic (exact) mass is 639 g/mol. The smallest absolute Gasteiger partial charge is 0.143 e. The van der Waals surface area contributed by atoms with Gasteiger partial charge in [0.25, 0.3) is 0 Å². The molecule has 9 aromatic rings. The number of rotatable bonds is 7. The Bertz CT molecular complexity index is 2450. The van der Waals surface area contributed by atoms with E-state index in [4.69, 9.17) is 4.42 Å². The molecule has 0 N–H and O–H groups in total.